The van der Waals surface area contributed by atoms with Crippen molar-refractivity contribution < 1.29 is 19.4 Å². The van der Waals surface area contributed by atoms with Crippen LogP contribution in [0.4, 0.5) is 5.69 Å². The number of pyridine rings is 1. The zero-order chi connectivity index (χ0) is 23.9. The van der Waals surface area contributed by atoms with Crippen LogP contribution >= 0.6 is 12.2 Å². The van der Waals surface area contributed by atoms with Crippen molar-refractivity contribution in [1.82, 2.24) is 14.9 Å². The number of carboxylic acids is 1. The Morgan fingerprint density at radius 3 is 2.57 bits per heavy atom. The van der Waals surface area contributed by atoms with Gasteiger partial charge in [0.1, 0.15) is 6.04 Å². The third-order valence-corrected chi connectivity index (χ3v) is 6.52. The van der Waals surface area contributed by atoms with Gasteiger partial charge in [0.25, 0.3) is 0 Å². The minimum absolute atomic E-state index is 0.191. The zero-order valence-corrected chi connectivity index (χ0v) is 19.2. The van der Waals surface area contributed by atoms with Gasteiger partial charge in [-0.3, -0.25) is 4.98 Å². The van der Waals surface area contributed by atoms with Crippen LogP contribution in [0.15, 0.2) is 85.2 Å². The number of aromatic nitrogens is 2. The van der Waals surface area contributed by atoms with Gasteiger partial charge in [0.15, 0.2) is 16.6 Å². The third kappa shape index (κ3) is 3.66. The molecule has 4 heterocycles. The van der Waals surface area contributed by atoms with Crippen LogP contribution in [-0.2, 0) is 0 Å². The highest BCUT2D eigenvalue weighted by atomic mass is 32.1. The molecule has 4 aromatic rings. The van der Waals surface area contributed by atoms with Crippen molar-refractivity contribution in [2.24, 2.45) is 0 Å². The third-order valence-electron chi connectivity index (χ3n) is 6.21. The molecule has 2 aromatic carbocycles. The van der Waals surface area contributed by atoms with Crippen molar-refractivity contribution >= 4 is 29.0 Å². The number of fused-ring (bicyclic) bond motifs is 1. The van der Waals surface area contributed by atoms with Crippen LogP contribution in [0.25, 0.3) is 5.69 Å². The van der Waals surface area contributed by atoms with Crippen LogP contribution in [-0.4, -0.2) is 32.5 Å². The molecule has 9 heteroatoms. The number of thiocarbonyl (C=S) groups is 1. The summed E-state index contributed by atoms with van der Waals surface area (Å²) in [5.74, 6) is 0.412. The van der Waals surface area contributed by atoms with Crippen LogP contribution in [0, 0.1) is 0 Å². The Kier molecular flexibility index (Phi) is 5.11. The summed E-state index contributed by atoms with van der Waals surface area (Å²) in [6, 6.07) is 21.9. The molecule has 35 heavy (non-hydrogen) atoms. The summed E-state index contributed by atoms with van der Waals surface area (Å²) in [6.45, 7) is 0.191. The van der Waals surface area contributed by atoms with Crippen LogP contribution < -0.4 is 19.7 Å². The number of ether oxygens (including phenoxy) is 2. The Bertz CT molecular complexity index is 1420. The molecule has 1 fully saturated rings. The fourth-order valence-electron chi connectivity index (χ4n) is 4.60. The highest BCUT2D eigenvalue weighted by molar-refractivity contribution is 7.80. The number of nitrogens with one attached hydrogen (secondary N) is 1. The molecule has 2 aliphatic heterocycles. The lowest BCUT2D eigenvalue weighted by atomic mass is 10.0. The van der Waals surface area contributed by atoms with Crippen molar-refractivity contribution in [2.75, 3.05) is 11.7 Å². The van der Waals surface area contributed by atoms with Crippen molar-refractivity contribution in [3.63, 3.8) is 0 Å². The van der Waals surface area contributed by atoms with Gasteiger partial charge in [0, 0.05) is 35.5 Å². The highest BCUT2D eigenvalue weighted by Gasteiger charge is 2.42. The Hall–Kier alpha value is -4.37. The fourth-order valence-corrected chi connectivity index (χ4v) is 4.95. The lowest BCUT2D eigenvalue weighted by molar-refractivity contribution is 0.0697. The Balaban J connectivity index is 1.48. The summed E-state index contributed by atoms with van der Waals surface area (Å²) < 4.78 is 13.2. The average molecular weight is 485 g/mol. The molecule has 2 aromatic heterocycles. The lowest BCUT2D eigenvalue weighted by Gasteiger charge is -2.29. The Morgan fingerprint density at radius 2 is 1.80 bits per heavy atom. The lowest BCUT2D eigenvalue weighted by Crippen LogP contribution is -2.30. The molecule has 0 radical (unpaired) electrons. The first-order valence-corrected chi connectivity index (χ1v) is 11.4. The second-order valence-corrected chi connectivity index (χ2v) is 8.58. The molecule has 8 nitrogen and oxygen atoms in total. The second kappa shape index (κ2) is 8.44. The number of hydrogen-bond acceptors (Lipinski definition) is 5. The molecule has 0 unspecified atom stereocenters. The van der Waals surface area contributed by atoms with Gasteiger partial charge in [-0.15, -0.1) is 0 Å². The number of carboxylic acid groups (broad SMARTS) is 1. The molecule has 0 aliphatic carbocycles. The topological polar surface area (TPSA) is 88.8 Å². The Labute approximate surface area is 206 Å². The van der Waals surface area contributed by atoms with E-state index in [2.05, 4.69) is 15.2 Å². The van der Waals surface area contributed by atoms with Crippen molar-refractivity contribution in [2.45, 2.75) is 12.1 Å². The highest BCUT2D eigenvalue weighted by Crippen LogP contribution is 2.44. The van der Waals surface area contributed by atoms with E-state index in [0.29, 0.717) is 16.6 Å². The van der Waals surface area contributed by atoms with Gasteiger partial charge in [0.05, 0.1) is 17.3 Å². The van der Waals surface area contributed by atoms with Crippen molar-refractivity contribution in [1.29, 1.82) is 0 Å². The number of benzene rings is 2. The van der Waals surface area contributed by atoms with Gasteiger partial charge < -0.3 is 29.4 Å². The van der Waals surface area contributed by atoms with Crippen LogP contribution in [0.2, 0.25) is 0 Å². The van der Waals surface area contributed by atoms with Crippen molar-refractivity contribution in [3.8, 4) is 17.2 Å². The molecule has 2 N–H and O–H groups in total. The number of anilines is 1. The maximum atomic E-state index is 11.3. The number of aromatic carboxylic acids is 1. The molecule has 0 amide bonds. The molecule has 0 bridgehead atoms. The van der Waals surface area contributed by atoms with Gasteiger partial charge in [-0.05, 0) is 72.9 Å². The first kappa shape index (κ1) is 21.2. The van der Waals surface area contributed by atoms with E-state index in [9.17, 15) is 9.90 Å². The van der Waals surface area contributed by atoms with E-state index in [-0.39, 0.29) is 24.4 Å². The maximum absolute atomic E-state index is 11.3. The molecule has 174 valence electrons. The van der Waals surface area contributed by atoms with Crippen molar-refractivity contribution in [3.05, 3.63) is 102 Å². The summed E-state index contributed by atoms with van der Waals surface area (Å²) in [5, 5.41) is 13.3. The summed E-state index contributed by atoms with van der Waals surface area (Å²) in [7, 11) is 0. The van der Waals surface area contributed by atoms with Gasteiger partial charge in [0.2, 0.25) is 6.79 Å². The molecular formula is C26H20N4O4S. The molecule has 6 rings (SSSR count). The van der Waals surface area contributed by atoms with Gasteiger partial charge in [-0.1, -0.05) is 6.07 Å². The molecular weight excluding hydrogens is 464 g/mol. The van der Waals surface area contributed by atoms with E-state index in [1.54, 1.807) is 30.5 Å². The minimum Gasteiger partial charge on any atom is -0.478 e. The van der Waals surface area contributed by atoms with Gasteiger partial charge in [-0.2, -0.15) is 0 Å². The van der Waals surface area contributed by atoms with E-state index in [0.717, 1.165) is 22.8 Å². The average Bonchev–Trinajstić information content (AvgIpc) is 3.62. The van der Waals surface area contributed by atoms with E-state index in [1.165, 1.54) is 0 Å². The minimum atomic E-state index is -0.959. The molecule has 2 aliphatic rings. The van der Waals surface area contributed by atoms with E-state index in [4.69, 9.17) is 21.7 Å². The maximum Gasteiger partial charge on any atom is 0.335 e. The number of hydrogen-bond donors (Lipinski definition) is 2. The van der Waals surface area contributed by atoms with E-state index >= 15 is 0 Å². The van der Waals surface area contributed by atoms with E-state index in [1.807, 2.05) is 59.3 Å². The smallest absolute Gasteiger partial charge is 0.335 e. The molecule has 0 spiro atoms. The van der Waals surface area contributed by atoms with Gasteiger partial charge >= 0.3 is 5.97 Å². The normalized spacial score (nSPS) is 18.5. The van der Waals surface area contributed by atoms with Crippen LogP contribution in [0.1, 0.15) is 33.8 Å². The number of rotatable bonds is 5. The quantitative estimate of drug-likeness (QED) is 0.401. The zero-order valence-electron chi connectivity index (χ0n) is 18.4. The largest absolute Gasteiger partial charge is 0.478 e. The molecule has 0 saturated carbocycles. The monoisotopic (exact) mass is 484 g/mol. The summed E-state index contributed by atoms with van der Waals surface area (Å²) in [4.78, 5) is 18.0. The predicted molar refractivity (Wildman–Crippen MR) is 133 cm³/mol. The first-order valence-electron chi connectivity index (χ1n) is 11.0. The van der Waals surface area contributed by atoms with Crippen LogP contribution in [0.5, 0.6) is 11.5 Å². The van der Waals surface area contributed by atoms with Crippen LogP contribution in [0.3, 0.4) is 0 Å². The predicted octanol–water partition coefficient (Wildman–Crippen LogP) is 4.48. The molecule has 2 atom stereocenters. The SMILES string of the molecule is O=C(O)c1ccc(-n2cccc2[C@@H]2[C@H](c3ccccn3)NC(=S)N2c2ccc3c(c2)OCO3)cc1. The Morgan fingerprint density at radius 1 is 1.00 bits per heavy atom. The van der Waals surface area contributed by atoms with E-state index < -0.39 is 5.97 Å². The second-order valence-electron chi connectivity index (χ2n) is 8.19. The first-order chi connectivity index (χ1) is 17.1. The summed E-state index contributed by atoms with van der Waals surface area (Å²) in [6.07, 6.45) is 3.73. The fraction of sp³-hybridized carbons (Fsp3) is 0.115. The van der Waals surface area contributed by atoms with Gasteiger partial charge in [-0.25, -0.2) is 4.79 Å². The molecule has 1 saturated heterocycles. The number of nitrogens with zero attached hydrogens (tertiary/aromatic N) is 3. The standard InChI is InChI=1S/C26H20N4O4S/c31-25(32)16-6-8-17(9-7-16)29-13-3-5-20(29)24-23(19-4-1-2-12-27-19)28-26(35)30(24)18-10-11-21-22(14-18)34-15-33-21/h1-14,23-24H,15H2,(H,28,35)(H,31,32)/t23-,24+/m0/s1. The summed E-state index contributed by atoms with van der Waals surface area (Å²) >= 11 is 5.82. The summed E-state index contributed by atoms with van der Waals surface area (Å²) in [5.41, 5.74) is 3.77. The number of carbonyl (C=O) groups is 1.